The van der Waals surface area contributed by atoms with Crippen LogP contribution in [0.3, 0.4) is 0 Å². The summed E-state index contributed by atoms with van der Waals surface area (Å²) in [5.74, 6) is -0.422. The van der Waals surface area contributed by atoms with Crippen LogP contribution < -0.4 is 5.32 Å². The largest absolute Gasteiger partial charge is 0.463 e. The first kappa shape index (κ1) is 18.0. The Balaban J connectivity index is 1.82. The van der Waals surface area contributed by atoms with Gasteiger partial charge in [0.25, 0.3) is 5.91 Å². The van der Waals surface area contributed by atoms with Gasteiger partial charge in [-0.15, -0.1) is 0 Å². The lowest BCUT2D eigenvalue weighted by atomic mass is 10.2. The number of pyridine rings is 1. The smallest absolute Gasteiger partial charge is 0.433 e. The fourth-order valence-corrected chi connectivity index (χ4v) is 2.62. The summed E-state index contributed by atoms with van der Waals surface area (Å²) >= 11 is 5.74. The van der Waals surface area contributed by atoms with E-state index in [0.717, 1.165) is 12.3 Å². The standard InChI is InChI=1S/C17H9ClF3N5O2/c18-9-3-4-14(22-7-9)25-16(27)10-8-23-26-13(17(19,20)21)6-11(24-15(10)26)12-2-1-5-28-12/h1-8H,(H,22,25,27). The Hall–Kier alpha value is -3.40. The van der Waals surface area contributed by atoms with Gasteiger partial charge in [-0.25, -0.2) is 14.5 Å². The number of rotatable bonds is 3. The molecular weight excluding hydrogens is 399 g/mol. The minimum atomic E-state index is -4.72. The van der Waals surface area contributed by atoms with Crippen LogP contribution >= 0.6 is 11.6 Å². The van der Waals surface area contributed by atoms with Crippen LogP contribution in [0.1, 0.15) is 16.1 Å². The molecular formula is C17H9ClF3N5O2. The molecule has 7 nitrogen and oxygen atoms in total. The molecule has 1 amide bonds. The quantitative estimate of drug-likeness (QED) is 0.547. The molecule has 0 aromatic carbocycles. The molecule has 0 radical (unpaired) electrons. The van der Waals surface area contributed by atoms with Gasteiger partial charge in [-0.2, -0.15) is 18.3 Å². The SMILES string of the molecule is O=C(Nc1ccc(Cl)cn1)c1cnn2c(C(F)(F)F)cc(-c3ccco3)nc12. The number of anilines is 1. The Kier molecular flexibility index (Phi) is 4.27. The Labute approximate surface area is 159 Å². The first-order valence-electron chi connectivity index (χ1n) is 7.76. The number of halogens is 4. The third-order valence-electron chi connectivity index (χ3n) is 3.75. The highest BCUT2D eigenvalue weighted by atomic mass is 35.5. The van der Waals surface area contributed by atoms with Crippen LogP contribution in [0.15, 0.2) is 53.4 Å². The van der Waals surface area contributed by atoms with Gasteiger partial charge in [0.2, 0.25) is 0 Å². The molecule has 0 atom stereocenters. The summed E-state index contributed by atoms with van der Waals surface area (Å²) < 4.78 is 46.2. The molecule has 0 aliphatic rings. The maximum atomic E-state index is 13.5. The lowest BCUT2D eigenvalue weighted by Gasteiger charge is -2.10. The second-order valence-electron chi connectivity index (χ2n) is 5.61. The van der Waals surface area contributed by atoms with E-state index in [1.807, 2.05) is 0 Å². The topological polar surface area (TPSA) is 85.3 Å². The lowest BCUT2D eigenvalue weighted by molar-refractivity contribution is -0.142. The molecule has 0 fully saturated rings. The van der Waals surface area contributed by atoms with Gasteiger partial charge in [0.05, 0.1) is 17.5 Å². The van der Waals surface area contributed by atoms with Crippen molar-refractivity contribution in [2.75, 3.05) is 5.32 Å². The van der Waals surface area contributed by atoms with Crippen LogP contribution in [0.25, 0.3) is 17.1 Å². The molecule has 0 aliphatic carbocycles. The molecule has 0 saturated heterocycles. The number of fused-ring (bicyclic) bond motifs is 1. The third-order valence-corrected chi connectivity index (χ3v) is 3.97. The van der Waals surface area contributed by atoms with Gasteiger partial charge < -0.3 is 9.73 Å². The molecule has 0 spiro atoms. The van der Waals surface area contributed by atoms with E-state index in [9.17, 15) is 18.0 Å². The minimum absolute atomic E-state index is 0.0796. The highest BCUT2D eigenvalue weighted by Crippen LogP contribution is 2.33. The van der Waals surface area contributed by atoms with E-state index in [1.165, 1.54) is 36.7 Å². The van der Waals surface area contributed by atoms with Crippen molar-refractivity contribution < 1.29 is 22.4 Å². The summed E-state index contributed by atoms with van der Waals surface area (Å²) in [6.07, 6.45) is -1.08. The number of furan rings is 1. The number of aromatic nitrogens is 4. The molecule has 0 unspecified atom stereocenters. The molecule has 28 heavy (non-hydrogen) atoms. The van der Waals surface area contributed by atoms with Crippen LogP contribution in [-0.4, -0.2) is 25.5 Å². The minimum Gasteiger partial charge on any atom is -0.463 e. The fourth-order valence-electron chi connectivity index (χ4n) is 2.51. The van der Waals surface area contributed by atoms with Gasteiger partial charge >= 0.3 is 6.18 Å². The average molecular weight is 408 g/mol. The van der Waals surface area contributed by atoms with Crippen molar-refractivity contribution in [3.63, 3.8) is 0 Å². The maximum Gasteiger partial charge on any atom is 0.433 e. The van der Waals surface area contributed by atoms with Crippen LogP contribution in [0.4, 0.5) is 19.0 Å². The monoisotopic (exact) mass is 407 g/mol. The van der Waals surface area contributed by atoms with E-state index in [4.69, 9.17) is 16.0 Å². The highest BCUT2D eigenvalue weighted by Gasteiger charge is 2.36. The van der Waals surface area contributed by atoms with Crippen molar-refractivity contribution in [3.05, 3.63) is 65.3 Å². The van der Waals surface area contributed by atoms with Crippen molar-refractivity contribution >= 4 is 29.0 Å². The molecule has 4 aromatic rings. The Bertz CT molecular complexity index is 1150. The number of nitrogens with zero attached hydrogens (tertiary/aromatic N) is 4. The molecule has 0 aliphatic heterocycles. The highest BCUT2D eigenvalue weighted by molar-refractivity contribution is 6.30. The number of hydrogen-bond donors (Lipinski definition) is 1. The van der Waals surface area contributed by atoms with Crippen molar-refractivity contribution in [1.82, 2.24) is 19.6 Å². The number of amides is 1. The molecule has 142 valence electrons. The molecule has 0 saturated carbocycles. The van der Waals surface area contributed by atoms with E-state index in [2.05, 4.69) is 20.4 Å². The van der Waals surface area contributed by atoms with E-state index < -0.39 is 17.8 Å². The predicted molar refractivity (Wildman–Crippen MR) is 92.9 cm³/mol. The summed E-state index contributed by atoms with van der Waals surface area (Å²) in [5.41, 5.74) is -1.60. The number of hydrogen-bond acceptors (Lipinski definition) is 5. The van der Waals surface area contributed by atoms with Gasteiger partial charge in [0.15, 0.2) is 17.1 Å². The van der Waals surface area contributed by atoms with Crippen LogP contribution in [0.2, 0.25) is 5.02 Å². The lowest BCUT2D eigenvalue weighted by Crippen LogP contribution is -2.16. The fraction of sp³-hybridized carbons (Fsp3) is 0.0588. The number of carbonyl (C=O) groups excluding carboxylic acids is 1. The zero-order valence-corrected chi connectivity index (χ0v) is 14.5. The molecule has 4 heterocycles. The second kappa shape index (κ2) is 6.64. The Morgan fingerprint density at radius 2 is 2.04 bits per heavy atom. The van der Waals surface area contributed by atoms with Gasteiger partial charge in [-0.3, -0.25) is 4.79 Å². The van der Waals surface area contributed by atoms with Crippen molar-refractivity contribution in [2.24, 2.45) is 0 Å². The Morgan fingerprint density at radius 1 is 1.21 bits per heavy atom. The van der Waals surface area contributed by atoms with E-state index in [1.54, 1.807) is 0 Å². The molecule has 4 aromatic heterocycles. The number of alkyl halides is 3. The van der Waals surface area contributed by atoms with E-state index >= 15 is 0 Å². The van der Waals surface area contributed by atoms with Crippen molar-refractivity contribution in [2.45, 2.75) is 6.18 Å². The summed E-state index contributed by atoms with van der Waals surface area (Å²) in [4.78, 5) is 20.6. The van der Waals surface area contributed by atoms with Gasteiger partial charge in [-0.05, 0) is 30.3 Å². The van der Waals surface area contributed by atoms with Crippen molar-refractivity contribution in [3.8, 4) is 11.5 Å². The molecule has 1 N–H and O–H groups in total. The van der Waals surface area contributed by atoms with Crippen LogP contribution in [0.5, 0.6) is 0 Å². The molecule has 0 bridgehead atoms. The summed E-state index contributed by atoms with van der Waals surface area (Å²) in [6, 6.07) is 6.75. The summed E-state index contributed by atoms with van der Waals surface area (Å²) in [7, 11) is 0. The molecule has 11 heteroatoms. The zero-order chi connectivity index (χ0) is 19.9. The Morgan fingerprint density at radius 3 is 2.68 bits per heavy atom. The first-order valence-corrected chi connectivity index (χ1v) is 8.13. The van der Waals surface area contributed by atoms with Gasteiger partial charge in [-0.1, -0.05) is 11.6 Å². The van der Waals surface area contributed by atoms with Crippen molar-refractivity contribution in [1.29, 1.82) is 0 Å². The number of nitrogens with one attached hydrogen (secondary N) is 1. The van der Waals surface area contributed by atoms with Gasteiger partial charge in [0.1, 0.15) is 17.1 Å². The van der Waals surface area contributed by atoms with E-state index in [-0.39, 0.29) is 28.5 Å². The number of carbonyl (C=O) groups is 1. The second-order valence-corrected chi connectivity index (χ2v) is 6.05. The zero-order valence-electron chi connectivity index (χ0n) is 13.7. The normalized spacial score (nSPS) is 11.7. The summed E-state index contributed by atoms with van der Waals surface area (Å²) in [6.45, 7) is 0. The molecule has 4 rings (SSSR count). The maximum absolute atomic E-state index is 13.5. The van der Waals surface area contributed by atoms with Crippen LogP contribution in [-0.2, 0) is 6.18 Å². The average Bonchev–Trinajstić information content (AvgIpc) is 3.31. The van der Waals surface area contributed by atoms with Crippen LogP contribution in [0, 0.1) is 0 Å². The van der Waals surface area contributed by atoms with Gasteiger partial charge in [0, 0.05) is 6.20 Å². The third kappa shape index (κ3) is 3.29. The summed E-state index contributed by atoms with van der Waals surface area (Å²) in [5, 5.41) is 6.52. The van der Waals surface area contributed by atoms with E-state index in [0.29, 0.717) is 9.54 Å². The predicted octanol–water partition coefficient (Wildman–Crippen LogP) is 4.31. The first-order chi connectivity index (χ1) is 13.3.